The van der Waals surface area contributed by atoms with Gasteiger partial charge in [0.15, 0.2) is 11.5 Å². The number of aliphatic carboxylic acids is 1. The molecule has 1 amide bonds. The Labute approximate surface area is 212 Å². The molecule has 0 bridgehead atoms. The second-order valence-electron chi connectivity index (χ2n) is 9.56. The number of primary amides is 1. The zero-order valence-corrected chi connectivity index (χ0v) is 21.6. The van der Waals surface area contributed by atoms with Gasteiger partial charge in [0.05, 0.1) is 30.8 Å². The number of carbonyl (C=O) groups excluding carboxylic acids is 1. The lowest BCUT2D eigenvalue weighted by molar-refractivity contribution is -0.141. The molecule has 1 unspecified atom stereocenters. The van der Waals surface area contributed by atoms with Crippen LogP contribution in [-0.4, -0.2) is 40.8 Å². The lowest BCUT2D eigenvalue weighted by atomic mass is 9.89. The lowest BCUT2D eigenvalue weighted by Crippen LogP contribution is -2.24. The molecule has 1 saturated carbocycles. The Bertz CT molecular complexity index is 1180. The Morgan fingerprint density at radius 3 is 2.31 bits per heavy atom. The number of carboxylic acid groups (broad SMARTS) is 1. The molecule has 4 rings (SSSR count). The number of imidazole rings is 1. The molecule has 0 saturated heterocycles. The topological polar surface area (TPSA) is 117 Å². The summed E-state index contributed by atoms with van der Waals surface area (Å²) >= 11 is 0. The molecule has 1 aromatic heterocycles. The van der Waals surface area contributed by atoms with Crippen LogP contribution in [0.4, 0.5) is 0 Å². The first-order valence-electron chi connectivity index (χ1n) is 12.5. The minimum Gasteiger partial charge on any atom is -0.493 e. The Hall–Kier alpha value is -3.55. The predicted molar refractivity (Wildman–Crippen MR) is 140 cm³/mol. The van der Waals surface area contributed by atoms with Crippen molar-refractivity contribution in [2.24, 2.45) is 17.6 Å². The van der Waals surface area contributed by atoms with Crippen LogP contribution in [0.15, 0.2) is 42.5 Å². The fourth-order valence-electron chi connectivity index (χ4n) is 4.76. The van der Waals surface area contributed by atoms with Crippen LogP contribution < -0.4 is 15.2 Å². The molecular weight excluding hydrogens is 458 g/mol. The van der Waals surface area contributed by atoms with Gasteiger partial charge in [0.2, 0.25) is 5.91 Å². The van der Waals surface area contributed by atoms with Crippen molar-refractivity contribution in [3.63, 3.8) is 0 Å². The van der Waals surface area contributed by atoms with Gasteiger partial charge in [-0.2, -0.15) is 0 Å². The number of methoxy groups -OCH3 is 2. The first-order valence-corrected chi connectivity index (χ1v) is 12.5. The maximum Gasteiger partial charge on any atom is 0.326 e. The third kappa shape index (κ3) is 6.17. The summed E-state index contributed by atoms with van der Waals surface area (Å²) in [5.41, 5.74) is 7.35. The fraction of sp³-hybridized carbons (Fsp3) is 0.464. The quantitative estimate of drug-likeness (QED) is 0.429. The first-order chi connectivity index (χ1) is 17.3. The van der Waals surface area contributed by atoms with Gasteiger partial charge in [-0.25, -0.2) is 9.78 Å². The summed E-state index contributed by atoms with van der Waals surface area (Å²) in [6.45, 7) is 4.03. The summed E-state index contributed by atoms with van der Waals surface area (Å²) in [5, 5.41) is 9.95. The average molecular weight is 496 g/mol. The molecule has 8 nitrogen and oxygen atoms in total. The molecule has 1 aliphatic carbocycles. The molecule has 0 aliphatic heterocycles. The average Bonchev–Trinajstić information content (AvgIpc) is 3.26. The van der Waals surface area contributed by atoms with E-state index in [4.69, 9.17) is 20.2 Å². The summed E-state index contributed by atoms with van der Waals surface area (Å²) in [4.78, 5) is 27.5. The number of benzene rings is 2. The summed E-state index contributed by atoms with van der Waals surface area (Å²) < 4.78 is 12.8. The minimum absolute atomic E-state index is 0.102. The van der Waals surface area contributed by atoms with E-state index < -0.39 is 12.0 Å². The van der Waals surface area contributed by atoms with Crippen LogP contribution in [0.2, 0.25) is 0 Å². The van der Waals surface area contributed by atoms with Gasteiger partial charge in [-0.1, -0.05) is 51.3 Å². The summed E-state index contributed by atoms with van der Waals surface area (Å²) in [7, 11) is 3.14. The van der Waals surface area contributed by atoms with Crippen LogP contribution in [0, 0.1) is 11.8 Å². The van der Waals surface area contributed by atoms with E-state index >= 15 is 0 Å². The molecule has 1 heterocycles. The van der Waals surface area contributed by atoms with Crippen molar-refractivity contribution in [1.82, 2.24) is 9.55 Å². The molecule has 0 radical (unpaired) electrons. The molecule has 8 heteroatoms. The summed E-state index contributed by atoms with van der Waals surface area (Å²) in [6.07, 6.45) is 6.20. The number of fused-ring (bicyclic) bond motifs is 1. The Kier molecular flexibility index (Phi) is 9.33. The number of hydrogen-bond acceptors (Lipinski definition) is 5. The standard InChI is InChI=1S/C21H24N2O4.C7H13NO/c1-13(2)12-17(21(24)25)23-16-10-6-5-9-15(16)22-20(23)14-8-7-11-18(26-3)19(14)27-4;8-7(9)6-4-2-1-3-5-6/h5-11,13,17H,12H2,1-4H3,(H,24,25);6H,1-5H2,(H2,8,9). The first kappa shape index (κ1) is 27.0. The number of carboxylic acids is 1. The fourth-order valence-corrected chi connectivity index (χ4v) is 4.76. The molecule has 194 valence electrons. The third-order valence-corrected chi connectivity index (χ3v) is 6.54. The van der Waals surface area contributed by atoms with Crippen LogP contribution in [0.5, 0.6) is 11.5 Å². The predicted octanol–water partition coefficient (Wildman–Crippen LogP) is 5.44. The number of amides is 1. The summed E-state index contributed by atoms with van der Waals surface area (Å²) in [6, 6.07) is 12.4. The molecule has 3 N–H and O–H groups in total. The second-order valence-corrected chi connectivity index (χ2v) is 9.56. The monoisotopic (exact) mass is 495 g/mol. The highest BCUT2D eigenvalue weighted by Crippen LogP contribution is 2.40. The van der Waals surface area contributed by atoms with Crippen molar-refractivity contribution in [3.8, 4) is 22.9 Å². The highest BCUT2D eigenvalue weighted by Gasteiger charge is 2.28. The van der Waals surface area contributed by atoms with Gasteiger partial charge >= 0.3 is 5.97 Å². The van der Waals surface area contributed by atoms with Crippen molar-refractivity contribution in [2.45, 2.75) is 58.4 Å². The molecule has 2 aromatic carbocycles. The number of para-hydroxylation sites is 3. The van der Waals surface area contributed by atoms with Gasteiger partial charge in [-0.15, -0.1) is 0 Å². The van der Waals surface area contributed by atoms with E-state index in [-0.39, 0.29) is 17.7 Å². The van der Waals surface area contributed by atoms with Crippen LogP contribution in [0.1, 0.15) is 58.4 Å². The minimum atomic E-state index is -0.880. The van der Waals surface area contributed by atoms with Gasteiger partial charge in [0, 0.05) is 5.92 Å². The normalized spacial score (nSPS) is 14.7. The molecule has 1 aliphatic rings. The number of rotatable bonds is 8. The van der Waals surface area contributed by atoms with Gasteiger partial charge in [-0.05, 0) is 49.4 Å². The van der Waals surface area contributed by atoms with E-state index in [1.807, 2.05) is 50.2 Å². The van der Waals surface area contributed by atoms with E-state index in [1.165, 1.54) is 19.3 Å². The Morgan fingerprint density at radius 1 is 1.06 bits per heavy atom. The molecule has 3 aromatic rings. The van der Waals surface area contributed by atoms with Crippen LogP contribution >= 0.6 is 0 Å². The van der Waals surface area contributed by atoms with E-state index in [1.54, 1.807) is 24.9 Å². The Balaban J connectivity index is 0.000000338. The molecule has 1 fully saturated rings. The lowest BCUT2D eigenvalue weighted by Gasteiger charge is -2.21. The second kappa shape index (κ2) is 12.4. The van der Waals surface area contributed by atoms with E-state index in [0.717, 1.165) is 23.9 Å². The maximum atomic E-state index is 12.1. The van der Waals surface area contributed by atoms with E-state index in [9.17, 15) is 14.7 Å². The third-order valence-electron chi connectivity index (χ3n) is 6.54. The highest BCUT2D eigenvalue weighted by atomic mass is 16.5. The van der Waals surface area contributed by atoms with Gasteiger partial charge in [0.25, 0.3) is 0 Å². The SMILES string of the molecule is COc1cccc(-c2nc3ccccc3n2C(CC(C)C)C(=O)O)c1OC.NC(=O)C1CCCCC1. The van der Waals surface area contributed by atoms with Crippen molar-refractivity contribution < 1.29 is 24.2 Å². The van der Waals surface area contributed by atoms with Crippen LogP contribution in [0.25, 0.3) is 22.4 Å². The smallest absolute Gasteiger partial charge is 0.326 e. The number of hydrogen-bond donors (Lipinski definition) is 2. The largest absolute Gasteiger partial charge is 0.493 e. The molecule has 1 atom stereocenters. The van der Waals surface area contributed by atoms with Crippen LogP contribution in [0.3, 0.4) is 0 Å². The van der Waals surface area contributed by atoms with Gasteiger partial charge < -0.3 is 24.9 Å². The number of aromatic nitrogens is 2. The number of nitrogens with two attached hydrogens (primary N) is 1. The zero-order valence-electron chi connectivity index (χ0n) is 21.6. The van der Waals surface area contributed by atoms with Crippen molar-refractivity contribution in [2.75, 3.05) is 14.2 Å². The molecular formula is C28H37N3O5. The van der Waals surface area contributed by atoms with Crippen molar-refractivity contribution in [1.29, 1.82) is 0 Å². The Morgan fingerprint density at radius 2 is 1.75 bits per heavy atom. The molecule has 0 spiro atoms. The summed E-state index contributed by atoms with van der Waals surface area (Å²) in [5.74, 6) is 1.09. The number of ether oxygens (including phenoxy) is 2. The highest BCUT2D eigenvalue weighted by molar-refractivity contribution is 5.86. The van der Waals surface area contributed by atoms with Crippen molar-refractivity contribution >= 4 is 22.9 Å². The van der Waals surface area contributed by atoms with Crippen molar-refractivity contribution in [3.05, 3.63) is 42.5 Å². The molecule has 36 heavy (non-hydrogen) atoms. The van der Waals surface area contributed by atoms with Crippen LogP contribution in [-0.2, 0) is 9.59 Å². The number of carbonyl (C=O) groups is 2. The number of nitrogens with zero attached hydrogens (tertiary/aromatic N) is 2. The zero-order chi connectivity index (χ0) is 26.2. The van der Waals surface area contributed by atoms with Gasteiger partial charge in [-0.3, -0.25) is 4.79 Å². The maximum absolute atomic E-state index is 12.1. The van der Waals surface area contributed by atoms with Gasteiger partial charge in [0.1, 0.15) is 11.9 Å². The van der Waals surface area contributed by atoms with E-state index in [0.29, 0.717) is 29.3 Å². The van der Waals surface area contributed by atoms with E-state index in [2.05, 4.69) is 0 Å².